The van der Waals surface area contributed by atoms with Gasteiger partial charge < -0.3 is 4.90 Å². The molecule has 0 unspecified atom stereocenters. The molecule has 3 aromatic carbocycles. The predicted molar refractivity (Wildman–Crippen MR) is 110 cm³/mol. The molecule has 0 fully saturated rings. The molecule has 1 heterocycles. The summed E-state index contributed by atoms with van der Waals surface area (Å²) < 4.78 is 28.1. The number of benzene rings is 3. The molecule has 1 aliphatic rings. The molecule has 0 saturated heterocycles. The standard InChI is InChI=1S/C22H20N2O3S/c1-16-7-9-19(10-8-16)23-28(26,27)20-11-12-21-18(15-20)13-14-24(21)22(25)17-5-3-2-4-6-17/h2-12,15,23H,13-14H2,1H3. The molecule has 3 aromatic rings. The van der Waals surface area contributed by atoms with Crippen LogP contribution in [0.15, 0.2) is 77.7 Å². The van der Waals surface area contributed by atoms with Crippen LogP contribution >= 0.6 is 0 Å². The zero-order valence-electron chi connectivity index (χ0n) is 15.4. The summed E-state index contributed by atoms with van der Waals surface area (Å²) in [6, 6.07) is 21.2. The molecule has 0 atom stereocenters. The van der Waals surface area contributed by atoms with E-state index in [-0.39, 0.29) is 10.8 Å². The Kier molecular flexibility index (Phi) is 4.65. The lowest BCUT2D eigenvalue weighted by Gasteiger charge is -2.18. The maximum absolute atomic E-state index is 12.8. The van der Waals surface area contributed by atoms with Gasteiger partial charge in [0.05, 0.1) is 4.90 Å². The Bertz CT molecular complexity index is 1120. The molecule has 4 rings (SSSR count). The van der Waals surface area contributed by atoms with E-state index in [1.54, 1.807) is 47.4 Å². The Hall–Kier alpha value is -3.12. The summed E-state index contributed by atoms with van der Waals surface area (Å²) in [5.74, 6) is -0.0762. The van der Waals surface area contributed by atoms with Crippen molar-refractivity contribution in [1.29, 1.82) is 0 Å². The second kappa shape index (κ2) is 7.13. The number of carbonyl (C=O) groups excluding carboxylic acids is 1. The van der Waals surface area contributed by atoms with Crippen molar-refractivity contribution in [2.75, 3.05) is 16.2 Å². The van der Waals surface area contributed by atoms with Crippen LogP contribution in [0.1, 0.15) is 21.5 Å². The maximum atomic E-state index is 12.8. The number of rotatable bonds is 4. The number of anilines is 2. The summed E-state index contributed by atoms with van der Waals surface area (Å²) >= 11 is 0. The maximum Gasteiger partial charge on any atom is 0.261 e. The van der Waals surface area contributed by atoms with Crippen LogP contribution in [0, 0.1) is 6.92 Å². The smallest absolute Gasteiger partial charge is 0.261 e. The second-order valence-electron chi connectivity index (χ2n) is 6.83. The average Bonchev–Trinajstić information content (AvgIpc) is 3.13. The minimum absolute atomic E-state index is 0.0762. The van der Waals surface area contributed by atoms with Crippen molar-refractivity contribution in [1.82, 2.24) is 0 Å². The topological polar surface area (TPSA) is 66.5 Å². The monoisotopic (exact) mass is 392 g/mol. The van der Waals surface area contributed by atoms with Gasteiger partial charge in [-0.05, 0) is 61.4 Å². The Balaban J connectivity index is 1.59. The lowest BCUT2D eigenvalue weighted by atomic mass is 10.1. The zero-order valence-corrected chi connectivity index (χ0v) is 16.2. The summed E-state index contributed by atoms with van der Waals surface area (Å²) in [4.78, 5) is 14.7. The number of nitrogens with one attached hydrogen (secondary N) is 1. The Morgan fingerprint density at radius 1 is 0.964 bits per heavy atom. The van der Waals surface area contributed by atoms with Gasteiger partial charge in [-0.15, -0.1) is 0 Å². The molecule has 6 heteroatoms. The largest absolute Gasteiger partial charge is 0.308 e. The third-order valence-electron chi connectivity index (χ3n) is 4.83. The van der Waals surface area contributed by atoms with Gasteiger partial charge in [0.2, 0.25) is 0 Å². The van der Waals surface area contributed by atoms with Crippen LogP contribution < -0.4 is 9.62 Å². The number of hydrogen-bond acceptors (Lipinski definition) is 3. The quantitative estimate of drug-likeness (QED) is 0.730. The second-order valence-corrected chi connectivity index (χ2v) is 8.52. The van der Waals surface area contributed by atoms with Crippen LogP contribution in [-0.2, 0) is 16.4 Å². The van der Waals surface area contributed by atoms with Crippen LogP contribution in [0.25, 0.3) is 0 Å². The highest BCUT2D eigenvalue weighted by molar-refractivity contribution is 7.92. The van der Waals surface area contributed by atoms with Crippen LogP contribution in [0.2, 0.25) is 0 Å². The van der Waals surface area contributed by atoms with E-state index in [1.807, 2.05) is 37.3 Å². The van der Waals surface area contributed by atoms with E-state index in [4.69, 9.17) is 0 Å². The highest BCUT2D eigenvalue weighted by Crippen LogP contribution is 2.32. The van der Waals surface area contributed by atoms with Gasteiger partial charge in [-0.1, -0.05) is 35.9 Å². The van der Waals surface area contributed by atoms with Crippen molar-refractivity contribution in [3.8, 4) is 0 Å². The van der Waals surface area contributed by atoms with Gasteiger partial charge in [0.25, 0.3) is 15.9 Å². The minimum Gasteiger partial charge on any atom is -0.308 e. The first-order valence-corrected chi connectivity index (χ1v) is 10.5. The van der Waals surface area contributed by atoms with E-state index in [0.29, 0.717) is 24.2 Å². The van der Waals surface area contributed by atoms with E-state index in [9.17, 15) is 13.2 Å². The molecule has 0 spiro atoms. The Morgan fingerprint density at radius 3 is 2.39 bits per heavy atom. The lowest BCUT2D eigenvalue weighted by molar-refractivity contribution is 0.0989. The van der Waals surface area contributed by atoms with Crippen molar-refractivity contribution in [2.24, 2.45) is 0 Å². The average molecular weight is 392 g/mol. The van der Waals surface area contributed by atoms with E-state index < -0.39 is 10.0 Å². The number of nitrogens with zero attached hydrogens (tertiary/aromatic N) is 1. The fraction of sp³-hybridized carbons (Fsp3) is 0.136. The van der Waals surface area contributed by atoms with Gasteiger partial charge in [-0.25, -0.2) is 8.42 Å². The molecule has 1 amide bonds. The molecule has 0 aliphatic carbocycles. The number of fused-ring (bicyclic) bond motifs is 1. The summed E-state index contributed by atoms with van der Waals surface area (Å²) in [5.41, 5.74) is 3.82. The first-order valence-electron chi connectivity index (χ1n) is 9.03. The lowest BCUT2D eigenvalue weighted by Crippen LogP contribution is -2.28. The van der Waals surface area contributed by atoms with Crippen molar-refractivity contribution in [3.05, 3.63) is 89.5 Å². The third kappa shape index (κ3) is 3.51. The highest BCUT2D eigenvalue weighted by atomic mass is 32.2. The van der Waals surface area contributed by atoms with Gasteiger partial charge in [-0.2, -0.15) is 0 Å². The Morgan fingerprint density at radius 2 is 1.68 bits per heavy atom. The molecule has 142 valence electrons. The minimum atomic E-state index is -3.69. The molecule has 0 radical (unpaired) electrons. The number of amides is 1. The van der Waals surface area contributed by atoms with Crippen molar-refractivity contribution < 1.29 is 13.2 Å². The van der Waals surface area contributed by atoms with Crippen molar-refractivity contribution >= 4 is 27.3 Å². The van der Waals surface area contributed by atoms with Gasteiger partial charge in [-0.3, -0.25) is 9.52 Å². The normalized spacial score (nSPS) is 13.2. The SMILES string of the molecule is Cc1ccc(NS(=O)(=O)c2ccc3c(c2)CCN3C(=O)c2ccccc2)cc1. The summed E-state index contributed by atoms with van der Waals surface area (Å²) in [7, 11) is -3.69. The van der Waals surface area contributed by atoms with E-state index in [1.165, 1.54) is 0 Å². The Labute approximate surface area is 164 Å². The van der Waals surface area contributed by atoms with Crippen molar-refractivity contribution in [2.45, 2.75) is 18.2 Å². The van der Waals surface area contributed by atoms with Crippen LogP contribution in [-0.4, -0.2) is 20.9 Å². The molecule has 0 bridgehead atoms. The number of sulfonamides is 1. The fourth-order valence-corrected chi connectivity index (χ4v) is 4.44. The van der Waals surface area contributed by atoms with Crippen molar-refractivity contribution in [3.63, 3.8) is 0 Å². The summed E-state index contributed by atoms with van der Waals surface area (Å²) in [6.07, 6.45) is 0.627. The molecule has 28 heavy (non-hydrogen) atoms. The van der Waals surface area contributed by atoms with Crippen LogP contribution in [0.3, 0.4) is 0 Å². The van der Waals surface area contributed by atoms with Gasteiger partial charge in [0.1, 0.15) is 0 Å². The first-order chi connectivity index (χ1) is 13.4. The van der Waals surface area contributed by atoms with E-state index >= 15 is 0 Å². The predicted octanol–water partition coefficient (Wildman–Crippen LogP) is 4.00. The first kappa shape index (κ1) is 18.3. The summed E-state index contributed by atoms with van der Waals surface area (Å²) in [5, 5.41) is 0. The number of hydrogen-bond donors (Lipinski definition) is 1. The molecule has 5 nitrogen and oxygen atoms in total. The molecule has 1 aliphatic heterocycles. The molecular weight excluding hydrogens is 372 g/mol. The summed E-state index contributed by atoms with van der Waals surface area (Å²) in [6.45, 7) is 2.49. The highest BCUT2D eigenvalue weighted by Gasteiger charge is 2.27. The molecule has 0 saturated carbocycles. The molecule has 0 aromatic heterocycles. The number of aryl methyl sites for hydroxylation is 1. The third-order valence-corrected chi connectivity index (χ3v) is 6.21. The fourth-order valence-electron chi connectivity index (χ4n) is 3.33. The number of carbonyl (C=O) groups is 1. The van der Waals surface area contributed by atoms with Gasteiger partial charge >= 0.3 is 0 Å². The van der Waals surface area contributed by atoms with Crippen LogP contribution in [0.4, 0.5) is 11.4 Å². The van der Waals surface area contributed by atoms with E-state index in [0.717, 1.165) is 16.8 Å². The van der Waals surface area contributed by atoms with Crippen LogP contribution in [0.5, 0.6) is 0 Å². The van der Waals surface area contributed by atoms with E-state index in [2.05, 4.69) is 4.72 Å². The van der Waals surface area contributed by atoms with Gasteiger partial charge in [0, 0.05) is 23.5 Å². The molecular formula is C22H20N2O3S. The van der Waals surface area contributed by atoms with Gasteiger partial charge in [0.15, 0.2) is 0 Å². The zero-order chi connectivity index (χ0) is 19.7. The molecule has 1 N–H and O–H groups in total.